The fourth-order valence-electron chi connectivity index (χ4n) is 4.97. The zero-order chi connectivity index (χ0) is 29.7. The number of carbonyl (C=O) groups excluding carboxylic acids is 2. The predicted molar refractivity (Wildman–Crippen MR) is 157 cm³/mol. The van der Waals surface area contributed by atoms with Gasteiger partial charge in [0.05, 0.1) is 11.1 Å². The lowest BCUT2D eigenvalue weighted by Gasteiger charge is -2.38. The molecule has 10 heteroatoms. The molecular formula is C32H23N3O7. The molecule has 0 spiro atoms. The Hall–Kier alpha value is -5.77. The van der Waals surface area contributed by atoms with Gasteiger partial charge in [-0.05, 0) is 55.3 Å². The summed E-state index contributed by atoms with van der Waals surface area (Å²) in [5, 5.41) is 14.1. The first kappa shape index (κ1) is 26.5. The van der Waals surface area contributed by atoms with Crippen LogP contribution in [0.15, 0.2) is 102 Å². The Morgan fingerprint density at radius 3 is 2.31 bits per heavy atom. The molecule has 0 unspecified atom stereocenters. The molecule has 2 aromatic heterocycles. The third kappa shape index (κ3) is 4.35. The van der Waals surface area contributed by atoms with Crippen molar-refractivity contribution < 1.29 is 23.5 Å². The molecule has 6 rings (SSSR count). The monoisotopic (exact) mass is 561 g/mol. The molecule has 1 N–H and O–H groups in total. The highest BCUT2D eigenvalue weighted by Gasteiger charge is 2.38. The average Bonchev–Trinajstić information content (AvgIpc) is 2.95. The number of rotatable bonds is 3. The Kier molecular flexibility index (Phi) is 6.30. The fraction of sp³-hybridized carbons (Fsp3) is 0.0938. The summed E-state index contributed by atoms with van der Waals surface area (Å²) < 4.78 is 10.7. The summed E-state index contributed by atoms with van der Waals surface area (Å²) in [7, 11) is 0. The van der Waals surface area contributed by atoms with E-state index in [0.717, 1.165) is 11.1 Å². The largest absolute Gasteiger partial charge is 0.506 e. The minimum Gasteiger partial charge on any atom is -0.506 e. The van der Waals surface area contributed by atoms with E-state index in [1.54, 1.807) is 74.5 Å². The van der Waals surface area contributed by atoms with Crippen molar-refractivity contribution in [3.05, 3.63) is 122 Å². The number of hydrazine groups is 1. The van der Waals surface area contributed by atoms with E-state index in [9.17, 15) is 24.3 Å². The number of amidine groups is 1. The SMILES string of the molecule is CC(=O)N1C(=O)/C(=C\c2c(O)c3ccccc3oc2=O)N=C(c2ccccc2)N1c1cc2c(C)cc(=O)oc2cc1C. The highest BCUT2D eigenvalue weighted by molar-refractivity contribution is 6.22. The molecule has 0 atom stereocenters. The van der Waals surface area contributed by atoms with Crippen molar-refractivity contribution in [3.63, 3.8) is 0 Å². The van der Waals surface area contributed by atoms with E-state index in [1.807, 2.05) is 6.07 Å². The van der Waals surface area contributed by atoms with Crippen LogP contribution in [0, 0.1) is 13.8 Å². The molecule has 5 aromatic rings. The summed E-state index contributed by atoms with van der Waals surface area (Å²) in [6.07, 6.45) is 1.12. The quantitative estimate of drug-likeness (QED) is 0.245. The molecule has 1 aliphatic heterocycles. The number of carbonyl (C=O) groups is 2. The fourth-order valence-corrected chi connectivity index (χ4v) is 4.97. The summed E-state index contributed by atoms with van der Waals surface area (Å²) in [5.74, 6) is -1.62. The number of fused-ring (bicyclic) bond motifs is 2. The molecule has 0 saturated carbocycles. The number of aryl methyl sites for hydroxylation is 2. The van der Waals surface area contributed by atoms with E-state index in [4.69, 9.17) is 8.83 Å². The Bertz CT molecular complexity index is 2120. The number of benzene rings is 3. The number of anilines is 1. The molecule has 10 nitrogen and oxygen atoms in total. The van der Waals surface area contributed by atoms with Crippen LogP contribution in [0.4, 0.5) is 5.69 Å². The van der Waals surface area contributed by atoms with Crippen LogP contribution in [0.25, 0.3) is 28.0 Å². The summed E-state index contributed by atoms with van der Waals surface area (Å²) in [4.78, 5) is 56.5. The zero-order valence-corrected chi connectivity index (χ0v) is 22.7. The van der Waals surface area contributed by atoms with Crippen molar-refractivity contribution in [1.29, 1.82) is 0 Å². The van der Waals surface area contributed by atoms with Crippen LogP contribution in [-0.2, 0) is 9.59 Å². The second-order valence-corrected chi connectivity index (χ2v) is 9.81. The van der Waals surface area contributed by atoms with Gasteiger partial charge in [-0.2, -0.15) is 5.01 Å². The molecule has 1 aliphatic rings. The second-order valence-electron chi connectivity index (χ2n) is 9.81. The molecule has 3 aromatic carbocycles. The molecular weight excluding hydrogens is 538 g/mol. The zero-order valence-electron chi connectivity index (χ0n) is 22.7. The first-order chi connectivity index (χ1) is 20.1. The van der Waals surface area contributed by atoms with Gasteiger partial charge in [0, 0.05) is 23.9 Å². The van der Waals surface area contributed by atoms with Gasteiger partial charge < -0.3 is 13.9 Å². The topological polar surface area (TPSA) is 134 Å². The van der Waals surface area contributed by atoms with Crippen molar-refractivity contribution in [2.45, 2.75) is 20.8 Å². The third-order valence-electron chi connectivity index (χ3n) is 6.97. The number of hydrogen-bond donors (Lipinski definition) is 1. The molecule has 0 fully saturated rings. The standard InChI is InChI=1S/C32H23N3O7/c1-17-14-28(37)41-27-13-18(2)25(16-22(17)27)35-30(20-9-5-4-6-10-20)33-24(31(39)34(35)19(3)36)15-23-29(38)21-11-7-8-12-26(21)42-32(23)40/h4-16,38H,1-3H3/b24-15+. The van der Waals surface area contributed by atoms with Crippen LogP contribution in [0.1, 0.15) is 29.2 Å². The normalized spacial score (nSPS) is 14.6. The van der Waals surface area contributed by atoms with Crippen molar-refractivity contribution in [2.75, 3.05) is 5.01 Å². The van der Waals surface area contributed by atoms with Crippen LogP contribution < -0.4 is 16.3 Å². The number of aliphatic imine (C=N–C) groups is 1. The van der Waals surface area contributed by atoms with Crippen LogP contribution >= 0.6 is 0 Å². The van der Waals surface area contributed by atoms with Crippen molar-refractivity contribution in [2.24, 2.45) is 4.99 Å². The number of imide groups is 1. The second kappa shape index (κ2) is 10.0. The number of aromatic hydroxyl groups is 1. The summed E-state index contributed by atoms with van der Waals surface area (Å²) in [6.45, 7) is 4.75. The summed E-state index contributed by atoms with van der Waals surface area (Å²) >= 11 is 0. The van der Waals surface area contributed by atoms with Crippen molar-refractivity contribution >= 4 is 51.4 Å². The van der Waals surface area contributed by atoms with Gasteiger partial charge in [0.25, 0.3) is 5.91 Å². The van der Waals surface area contributed by atoms with Gasteiger partial charge >= 0.3 is 11.3 Å². The van der Waals surface area contributed by atoms with Gasteiger partial charge in [-0.1, -0.05) is 42.5 Å². The lowest BCUT2D eigenvalue weighted by molar-refractivity contribution is -0.141. The minimum absolute atomic E-state index is 0.181. The van der Waals surface area contributed by atoms with Crippen LogP contribution in [-0.4, -0.2) is 27.8 Å². The Morgan fingerprint density at radius 2 is 1.57 bits per heavy atom. The molecule has 42 heavy (non-hydrogen) atoms. The maximum atomic E-state index is 13.9. The molecule has 0 bridgehead atoms. The maximum absolute atomic E-state index is 13.9. The van der Waals surface area contributed by atoms with Gasteiger partial charge in [0.15, 0.2) is 5.84 Å². The Morgan fingerprint density at radius 1 is 0.857 bits per heavy atom. The van der Waals surface area contributed by atoms with Crippen LogP contribution in [0.3, 0.4) is 0 Å². The molecule has 0 radical (unpaired) electrons. The number of para-hydroxylation sites is 1. The molecule has 2 amide bonds. The van der Waals surface area contributed by atoms with E-state index < -0.39 is 23.1 Å². The molecule has 0 saturated heterocycles. The van der Waals surface area contributed by atoms with Gasteiger partial charge in [-0.25, -0.2) is 19.6 Å². The van der Waals surface area contributed by atoms with E-state index in [0.29, 0.717) is 33.3 Å². The van der Waals surface area contributed by atoms with Crippen LogP contribution in [0.2, 0.25) is 0 Å². The maximum Gasteiger partial charge on any atom is 0.347 e. The first-order valence-electron chi connectivity index (χ1n) is 12.9. The van der Waals surface area contributed by atoms with Gasteiger partial charge in [0.2, 0.25) is 5.91 Å². The van der Waals surface area contributed by atoms with Crippen LogP contribution in [0.5, 0.6) is 5.75 Å². The smallest absolute Gasteiger partial charge is 0.347 e. The molecule has 208 valence electrons. The molecule has 3 heterocycles. The van der Waals surface area contributed by atoms with Gasteiger partial charge in [-0.3, -0.25) is 9.59 Å². The summed E-state index contributed by atoms with van der Waals surface area (Å²) in [6, 6.07) is 20.1. The Balaban J connectivity index is 1.64. The number of nitrogens with zero attached hydrogens (tertiary/aromatic N) is 3. The average molecular weight is 562 g/mol. The predicted octanol–water partition coefficient (Wildman–Crippen LogP) is 4.82. The Labute approximate surface area is 238 Å². The first-order valence-corrected chi connectivity index (χ1v) is 12.9. The number of hydrogen-bond acceptors (Lipinski definition) is 9. The summed E-state index contributed by atoms with van der Waals surface area (Å²) in [5.41, 5.74) is 0.880. The van der Waals surface area contributed by atoms with Gasteiger partial charge in [0.1, 0.15) is 28.2 Å². The number of amides is 2. The lowest BCUT2D eigenvalue weighted by Crippen LogP contribution is -2.56. The van der Waals surface area contributed by atoms with E-state index in [2.05, 4.69) is 4.99 Å². The third-order valence-corrected chi connectivity index (χ3v) is 6.97. The van der Waals surface area contributed by atoms with E-state index >= 15 is 0 Å². The van der Waals surface area contributed by atoms with E-state index in [-0.39, 0.29) is 33.8 Å². The minimum atomic E-state index is -0.873. The van der Waals surface area contributed by atoms with Crippen molar-refractivity contribution in [3.8, 4) is 5.75 Å². The highest BCUT2D eigenvalue weighted by Crippen LogP contribution is 2.34. The van der Waals surface area contributed by atoms with Crippen molar-refractivity contribution in [1.82, 2.24) is 5.01 Å². The molecule has 0 aliphatic carbocycles. The lowest BCUT2D eigenvalue weighted by atomic mass is 10.1. The highest BCUT2D eigenvalue weighted by atomic mass is 16.4. The van der Waals surface area contributed by atoms with Gasteiger partial charge in [-0.15, -0.1) is 0 Å². The van der Waals surface area contributed by atoms with E-state index in [1.165, 1.54) is 18.0 Å².